The molecule has 0 amide bonds. The minimum Gasteiger partial charge on any atom is -0.466 e. The average molecular weight is 418 g/mol. The smallest absolute Gasteiger partial charge is 0.416 e. The summed E-state index contributed by atoms with van der Waals surface area (Å²) in [6.45, 7) is 4.25. The van der Waals surface area contributed by atoms with E-state index in [0.717, 1.165) is 60.9 Å². The van der Waals surface area contributed by atoms with Gasteiger partial charge in [0.05, 0.1) is 12.2 Å². The summed E-state index contributed by atoms with van der Waals surface area (Å²) < 4.78 is 43.0. The first-order valence-electron chi connectivity index (χ1n) is 10.4. The van der Waals surface area contributed by atoms with Crippen molar-refractivity contribution in [3.05, 3.63) is 70.8 Å². The summed E-state index contributed by atoms with van der Waals surface area (Å²) in [6.07, 6.45) is 3.13. The maximum Gasteiger partial charge on any atom is 0.416 e. The van der Waals surface area contributed by atoms with Crippen LogP contribution in [0.5, 0.6) is 0 Å². The van der Waals surface area contributed by atoms with Crippen LogP contribution in [0.2, 0.25) is 0 Å². The number of alkyl halides is 3. The van der Waals surface area contributed by atoms with Crippen molar-refractivity contribution in [3.8, 4) is 0 Å². The van der Waals surface area contributed by atoms with E-state index >= 15 is 0 Å². The van der Waals surface area contributed by atoms with E-state index in [2.05, 4.69) is 24.3 Å². The lowest BCUT2D eigenvalue weighted by molar-refractivity contribution is -0.143. The Hall–Kier alpha value is -2.56. The monoisotopic (exact) mass is 418 g/mol. The highest BCUT2D eigenvalue weighted by Gasteiger charge is 2.29. The molecular weight excluding hydrogens is 389 g/mol. The van der Waals surface area contributed by atoms with Gasteiger partial charge in [0.1, 0.15) is 0 Å². The molecule has 0 aliphatic rings. The molecule has 2 rings (SSSR count). The SMILES string of the molecule is CCC(=O)OCCCCCCc1ccc(/C(C)=C/c2ccc(C(F)(F)F)cc2)cc1. The average Bonchev–Trinajstić information content (AvgIpc) is 2.73. The highest BCUT2D eigenvalue weighted by molar-refractivity contribution is 5.80. The molecule has 30 heavy (non-hydrogen) atoms. The maximum absolute atomic E-state index is 12.7. The van der Waals surface area contributed by atoms with E-state index in [1.807, 2.05) is 13.0 Å². The highest BCUT2D eigenvalue weighted by Crippen LogP contribution is 2.29. The summed E-state index contributed by atoms with van der Waals surface area (Å²) in [7, 11) is 0. The Kier molecular flexibility index (Phi) is 9.15. The van der Waals surface area contributed by atoms with Gasteiger partial charge in [0.2, 0.25) is 0 Å². The van der Waals surface area contributed by atoms with Crippen LogP contribution in [-0.2, 0) is 22.1 Å². The van der Waals surface area contributed by atoms with Gasteiger partial charge in [-0.25, -0.2) is 0 Å². The minimum atomic E-state index is -4.31. The predicted octanol–water partition coefficient (Wildman–Crippen LogP) is 7.32. The zero-order valence-electron chi connectivity index (χ0n) is 17.6. The van der Waals surface area contributed by atoms with Crippen LogP contribution in [-0.4, -0.2) is 12.6 Å². The highest BCUT2D eigenvalue weighted by atomic mass is 19.4. The second-order valence-corrected chi connectivity index (χ2v) is 7.38. The molecule has 2 nitrogen and oxygen atoms in total. The van der Waals surface area contributed by atoms with Crippen molar-refractivity contribution in [1.82, 2.24) is 0 Å². The fraction of sp³-hybridized carbons (Fsp3) is 0.400. The normalized spacial score (nSPS) is 12.1. The van der Waals surface area contributed by atoms with Gasteiger partial charge in [-0.1, -0.05) is 62.2 Å². The van der Waals surface area contributed by atoms with Crippen LogP contribution in [0.25, 0.3) is 11.6 Å². The summed E-state index contributed by atoms with van der Waals surface area (Å²) in [5, 5.41) is 0. The molecule has 0 saturated heterocycles. The zero-order valence-corrected chi connectivity index (χ0v) is 17.6. The fourth-order valence-electron chi connectivity index (χ4n) is 3.11. The number of aryl methyl sites for hydroxylation is 1. The van der Waals surface area contributed by atoms with Crippen LogP contribution in [0, 0.1) is 0 Å². The molecule has 0 fully saturated rings. The summed E-state index contributed by atoms with van der Waals surface area (Å²) in [4.78, 5) is 11.0. The Bertz CT molecular complexity index is 819. The lowest BCUT2D eigenvalue weighted by Crippen LogP contribution is -2.03. The van der Waals surface area contributed by atoms with Gasteiger partial charge in [-0.05, 0) is 60.6 Å². The molecule has 0 N–H and O–H groups in total. The number of rotatable bonds is 10. The quantitative estimate of drug-likeness (QED) is 0.229. The molecule has 0 aliphatic carbocycles. The first kappa shape index (κ1) is 23.7. The molecule has 5 heteroatoms. The molecule has 0 radical (unpaired) electrons. The van der Waals surface area contributed by atoms with Crippen LogP contribution < -0.4 is 0 Å². The topological polar surface area (TPSA) is 26.3 Å². The molecule has 0 saturated carbocycles. The fourth-order valence-corrected chi connectivity index (χ4v) is 3.11. The number of hydrogen-bond donors (Lipinski definition) is 0. The molecule has 0 aromatic heterocycles. The van der Waals surface area contributed by atoms with E-state index in [1.165, 1.54) is 17.7 Å². The van der Waals surface area contributed by atoms with Crippen LogP contribution >= 0.6 is 0 Å². The van der Waals surface area contributed by atoms with Crippen LogP contribution in [0.4, 0.5) is 13.2 Å². The van der Waals surface area contributed by atoms with Gasteiger partial charge < -0.3 is 4.74 Å². The van der Waals surface area contributed by atoms with Gasteiger partial charge in [0, 0.05) is 6.42 Å². The maximum atomic E-state index is 12.7. The van der Waals surface area contributed by atoms with Crippen molar-refractivity contribution in [2.45, 2.75) is 58.5 Å². The van der Waals surface area contributed by atoms with Gasteiger partial charge in [0.15, 0.2) is 0 Å². The molecule has 2 aromatic rings. The summed E-state index contributed by atoms with van der Waals surface area (Å²) in [5.74, 6) is -0.141. The minimum absolute atomic E-state index is 0.141. The van der Waals surface area contributed by atoms with E-state index in [9.17, 15) is 18.0 Å². The molecule has 0 aliphatic heterocycles. The third-order valence-corrected chi connectivity index (χ3v) is 4.94. The van der Waals surface area contributed by atoms with Crippen molar-refractivity contribution in [3.63, 3.8) is 0 Å². The third-order valence-electron chi connectivity index (χ3n) is 4.94. The molecule has 0 unspecified atom stereocenters. The number of halogens is 3. The number of benzene rings is 2. The van der Waals surface area contributed by atoms with Gasteiger partial charge >= 0.3 is 12.1 Å². The van der Waals surface area contributed by atoms with Gasteiger partial charge in [-0.15, -0.1) is 0 Å². The Morgan fingerprint density at radius 3 is 2.17 bits per heavy atom. The number of unbranched alkanes of at least 4 members (excludes halogenated alkanes) is 3. The van der Waals surface area contributed by atoms with Crippen molar-refractivity contribution < 1.29 is 22.7 Å². The number of carbonyl (C=O) groups excluding carboxylic acids is 1. The first-order chi connectivity index (χ1) is 14.3. The number of ether oxygens (including phenoxy) is 1. The molecular formula is C25H29F3O2. The van der Waals surface area contributed by atoms with Crippen LogP contribution in [0.3, 0.4) is 0 Å². The second kappa shape index (κ2) is 11.6. The van der Waals surface area contributed by atoms with Gasteiger partial charge in [-0.2, -0.15) is 13.2 Å². The van der Waals surface area contributed by atoms with E-state index in [0.29, 0.717) is 13.0 Å². The number of carbonyl (C=O) groups is 1. The van der Waals surface area contributed by atoms with E-state index in [1.54, 1.807) is 6.92 Å². The third kappa shape index (κ3) is 8.05. The zero-order chi connectivity index (χ0) is 22.0. The molecule has 0 atom stereocenters. The van der Waals surface area contributed by atoms with Crippen molar-refractivity contribution in [2.75, 3.05) is 6.61 Å². The number of esters is 1. The molecule has 0 heterocycles. The van der Waals surface area contributed by atoms with Gasteiger partial charge in [0.25, 0.3) is 0 Å². The summed E-state index contributed by atoms with van der Waals surface area (Å²) >= 11 is 0. The lowest BCUT2D eigenvalue weighted by atomic mass is 10.00. The van der Waals surface area contributed by atoms with E-state index < -0.39 is 11.7 Å². The second-order valence-electron chi connectivity index (χ2n) is 7.38. The standard InChI is InChI=1S/C25H29F3O2/c1-3-24(29)30-17-7-5-4-6-8-20-9-13-22(14-10-20)19(2)18-21-11-15-23(16-12-21)25(26,27)28/h9-16,18H,3-8,17H2,1-2H3/b19-18+. The number of allylic oxidation sites excluding steroid dienone is 1. The molecule has 0 bridgehead atoms. The van der Waals surface area contributed by atoms with Crippen molar-refractivity contribution in [1.29, 1.82) is 0 Å². The Balaban J connectivity index is 1.79. The van der Waals surface area contributed by atoms with Gasteiger partial charge in [-0.3, -0.25) is 4.79 Å². The molecule has 0 spiro atoms. The van der Waals surface area contributed by atoms with Crippen LogP contribution in [0.15, 0.2) is 48.5 Å². The Morgan fingerprint density at radius 1 is 0.933 bits per heavy atom. The van der Waals surface area contributed by atoms with E-state index in [-0.39, 0.29) is 5.97 Å². The number of hydrogen-bond acceptors (Lipinski definition) is 2. The first-order valence-corrected chi connectivity index (χ1v) is 10.4. The van der Waals surface area contributed by atoms with Crippen molar-refractivity contribution in [2.24, 2.45) is 0 Å². The predicted molar refractivity (Wildman–Crippen MR) is 115 cm³/mol. The van der Waals surface area contributed by atoms with Crippen LogP contribution in [0.1, 0.15) is 68.2 Å². The van der Waals surface area contributed by atoms with E-state index in [4.69, 9.17) is 4.74 Å². The molecule has 162 valence electrons. The largest absolute Gasteiger partial charge is 0.466 e. The summed E-state index contributed by atoms with van der Waals surface area (Å²) in [5.41, 5.74) is 3.43. The summed E-state index contributed by atoms with van der Waals surface area (Å²) in [6, 6.07) is 13.5. The lowest BCUT2D eigenvalue weighted by Gasteiger charge is -2.08. The van der Waals surface area contributed by atoms with Crippen molar-refractivity contribution >= 4 is 17.6 Å². The Morgan fingerprint density at radius 2 is 1.57 bits per heavy atom. The molecule has 2 aromatic carbocycles. The Labute approximate surface area is 176 Å².